The van der Waals surface area contributed by atoms with Crippen LogP contribution in [0.2, 0.25) is 10.0 Å². The van der Waals surface area contributed by atoms with Crippen molar-refractivity contribution in [3.63, 3.8) is 0 Å². The van der Waals surface area contributed by atoms with Gasteiger partial charge in [0.25, 0.3) is 0 Å². The number of hydrogen-bond donors (Lipinski definition) is 3. The van der Waals surface area contributed by atoms with E-state index >= 15 is 0 Å². The molecule has 6 rings (SSSR count). The SMILES string of the molecule is N#Cc1cnc2cc(OC3CCOC3)c(CNC(=O)C=C3CCNCC3)cc2c1Nc1ccc(OCc2ccccc2Cl)c(Cl)c1. The number of hydrogen-bond acceptors (Lipinski definition) is 8. The molecule has 2 saturated heterocycles. The fraction of sp³-hybridized carbons (Fsp3) is 0.286. The third kappa shape index (κ3) is 7.72. The Kier molecular flexibility index (Phi) is 10.2. The van der Waals surface area contributed by atoms with Gasteiger partial charge in [0, 0.05) is 58.5 Å². The van der Waals surface area contributed by atoms with Gasteiger partial charge in [-0.15, -0.1) is 0 Å². The van der Waals surface area contributed by atoms with Gasteiger partial charge in [-0.2, -0.15) is 5.26 Å². The predicted octanol–water partition coefficient (Wildman–Crippen LogP) is 6.83. The van der Waals surface area contributed by atoms with Crippen molar-refractivity contribution in [1.82, 2.24) is 15.6 Å². The average Bonchev–Trinajstić information content (AvgIpc) is 3.58. The molecule has 0 radical (unpaired) electrons. The second-order valence-corrected chi connectivity index (χ2v) is 12.0. The van der Waals surface area contributed by atoms with E-state index in [4.69, 9.17) is 37.4 Å². The first-order valence-electron chi connectivity index (χ1n) is 15.2. The first kappa shape index (κ1) is 31.6. The molecule has 0 bridgehead atoms. The van der Waals surface area contributed by atoms with Crippen molar-refractivity contribution in [2.24, 2.45) is 0 Å². The van der Waals surface area contributed by atoms with Gasteiger partial charge < -0.3 is 30.2 Å². The Morgan fingerprint density at radius 2 is 1.93 bits per heavy atom. The van der Waals surface area contributed by atoms with Crippen LogP contribution in [0.25, 0.3) is 10.9 Å². The summed E-state index contributed by atoms with van der Waals surface area (Å²) in [6.07, 6.45) is 5.62. The molecule has 3 N–H and O–H groups in total. The third-order valence-electron chi connectivity index (χ3n) is 7.93. The Morgan fingerprint density at radius 1 is 1.09 bits per heavy atom. The maximum atomic E-state index is 12.9. The molecular weight excluding hydrogens is 625 g/mol. The Bertz CT molecular complexity index is 1810. The zero-order chi connectivity index (χ0) is 31.9. The summed E-state index contributed by atoms with van der Waals surface area (Å²) in [5, 5.41) is 21.4. The summed E-state index contributed by atoms with van der Waals surface area (Å²) in [7, 11) is 0. The maximum Gasteiger partial charge on any atom is 0.244 e. The number of amides is 1. The second kappa shape index (κ2) is 14.8. The van der Waals surface area contributed by atoms with Crippen LogP contribution < -0.4 is 25.4 Å². The molecule has 2 aliphatic heterocycles. The Labute approximate surface area is 277 Å². The van der Waals surface area contributed by atoms with E-state index in [1.807, 2.05) is 42.5 Å². The lowest BCUT2D eigenvalue weighted by atomic mass is 10.0. The Hall–Kier alpha value is -4.33. The number of ether oxygens (including phenoxy) is 3. The number of halogens is 2. The van der Waals surface area contributed by atoms with E-state index in [1.165, 1.54) is 6.20 Å². The normalized spacial score (nSPS) is 16.1. The van der Waals surface area contributed by atoms with Gasteiger partial charge in [-0.1, -0.05) is 47.0 Å². The molecule has 46 heavy (non-hydrogen) atoms. The van der Waals surface area contributed by atoms with Crippen LogP contribution in [0.4, 0.5) is 11.4 Å². The van der Waals surface area contributed by atoms with E-state index < -0.39 is 0 Å². The highest BCUT2D eigenvalue weighted by Gasteiger charge is 2.21. The van der Waals surface area contributed by atoms with Gasteiger partial charge in [0.1, 0.15) is 30.3 Å². The molecule has 2 aliphatic rings. The van der Waals surface area contributed by atoms with Gasteiger partial charge in [-0.3, -0.25) is 9.78 Å². The minimum Gasteiger partial charge on any atom is -0.487 e. The molecular formula is C35H33Cl2N5O4. The van der Waals surface area contributed by atoms with E-state index in [0.717, 1.165) is 49.1 Å². The smallest absolute Gasteiger partial charge is 0.244 e. The molecule has 0 aliphatic carbocycles. The molecule has 1 atom stereocenters. The van der Waals surface area contributed by atoms with Crippen LogP contribution in [0, 0.1) is 11.3 Å². The van der Waals surface area contributed by atoms with Crippen LogP contribution in [0.15, 0.2) is 72.4 Å². The summed E-state index contributed by atoms with van der Waals surface area (Å²) in [6, 6.07) is 18.8. The van der Waals surface area contributed by atoms with Crippen LogP contribution in [0.1, 0.15) is 36.0 Å². The van der Waals surface area contributed by atoms with Crippen molar-refractivity contribution in [1.29, 1.82) is 5.26 Å². The number of carbonyl (C=O) groups excluding carboxylic acids is 1. The number of nitrogens with one attached hydrogen (secondary N) is 3. The number of benzene rings is 3. The van der Waals surface area contributed by atoms with Crippen LogP contribution in [0.5, 0.6) is 11.5 Å². The highest BCUT2D eigenvalue weighted by atomic mass is 35.5. The summed E-state index contributed by atoms with van der Waals surface area (Å²) in [4.78, 5) is 17.4. The van der Waals surface area contributed by atoms with E-state index in [9.17, 15) is 10.1 Å². The van der Waals surface area contributed by atoms with Gasteiger partial charge in [0.15, 0.2) is 0 Å². The van der Waals surface area contributed by atoms with Crippen molar-refractivity contribution in [2.45, 2.75) is 38.5 Å². The number of nitrogens with zero attached hydrogens (tertiary/aromatic N) is 2. The molecule has 3 heterocycles. The lowest BCUT2D eigenvalue weighted by molar-refractivity contribution is -0.116. The van der Waals surface area contributed by atoms with Crippen molar-refractivity contribution in [2.75, 3.05) is 31.6 Å². The molecule has 4 aromatic rings. The molecule has 1 aromatic heterocycles. The molecule has 11 heteroatoms. The number of anilines is 2. The molecule has 1 unspecified atom stereocenters. The van der Waals surface area contributed by atoms with Gasteiger partial charge in [-0.05, 0) is 56.3 Å². The fourth-order valence-corrected chi connectivity index (χ4v) is 5.86. The number of nitriles is 1. The first-order valence-corrected chi connectivity index (χ1v) is 15.9. The summed E-state index contributed by atoms with van der Waals surface area (Å²) in [6.45, 7) is 3.38. The molecule has 1 amide bonds. The second-order valence-electron chi connectivity index (χ2n) is 11.2. The molecule has 0 spiro atoms. The Balaban J connectivity index is 1.28. The monoisotopic (exact) mass is 657 g/mol. The quantitative estimate of drug-likeness (QED) is 0.159. The van der Waals surface area contributed by atoms with E-state index in [-0.39, 0.29) is 25.2 Å². The number of rotatable bonds is 10. The summed E-state index contributed by atoms with van der Waals surface area (Å²) >= 11 is 12.9. The van der Waals surface area contributed by atoms with Crippen molar-refractivity contribution in [3.8, 4) is 17.6 Å². The summed E-state index contributed by atoms with van der Waals surface area (Å²) in [5.41, 5.74) is 4.95. The fourth-order valence-electron chi connectivity index (χ4n) is 5.44. The van der Waals surface area contributed by atoms with Crippen LogP contribution in [-0.4, -0.2) is 43.3 Å². The third-order valence-corrected chi connectivity index (χ3v) is 8.59. The lowest BCUT2D eigenvalue weighted by Gasteiger charge is -2.19. The van der Waals surface area contributed by atoms with E-state index in [1.54, 1.807) is 18.2 Å². The zero-order valence-electron chi connectivity index (χ0n) is 25.1. The standard InChI is InChI=1S/C35H33Cl2N5O4/c36-29-4-2-1-3-23(29)20-45-32-6-5-26(15-30(32)37)42-35-25(17-38)19-40-31-16-33(46-27-9-12-44-21-27)24(14-28(31)35)18-41-34(43)13-22-7-10-39-11-8-22/h1-6,13-16,19,27,39H,7-12,18,20-21H2,(H,40,42)(H,41,43). The van der Waals surface area contributed by atoms with Crippen molar-refractivity contribution >= 4 is 51.4 Å². The van der Waals surface area contributed by atoms with Crippen molar-refractivity contribution in [3.05, 3.63) is 99.2 Å². The number of piperidine rings is 1. The average molecular weight is 659 g/mol. The van der Waals surface area contributed by atoms with Crippen molar-refractivity contribution < 1.29 is 19.0 Å². The van der Waals surface area contributed by atoms with Gasteiger partial charge >= 0.3 is 0 Å². The molecule has 236 valence electrons. The number of aromatic nitrogens is 1. The first-order chi connectivity index (χ1) is 22.5. The number of fused-ring (bicyclic) bond motifs is 1. The summed E-state index contributed by atoms with van der Waals surface area (Å²) in [5.74, 6) is 0.965. The van der Waals surface area contributed by atoms with Crippen LogP contribution >= 0.6 is 23.2 Å². The van der Waals surface area contributed by atoms with Gasteiger partial charge in [-0.25, -0.2) is 0 Å². The minimum absolute atomic E-state index is 0.0967. The predicted molar refractivity (Wildman–Crippen MR) is 179 cm³/mol. The zero-order valence-corrected chi connectivity index (χ0v) is 26.6. The van der Waals surface area contributed by atoms with Gasteiger partial charge in [0.2, 0.25) is 5.91 Å². The highest BCUT2D eigenvalue weighted by Crippen LogP contribution is 2.36. The topological polar surface area (TPSA) is 118 Å². The van der Waals surface area contributed by atoms with Gasteiger partial charge in [0.05, 0.1) is 35.0 Å². The minimum atomic E-state index is -0.152. The summed E-state index contributed by atoms with van der Waals surface area (Å²) < 4.78 is 17.8. The number of carbonyl (C=O) groups is 1. The lowest BCUT2D eigenvalue weighted by Crippen LogP contribution is -2.26. The van der Waals surface area contributed by atoms with E-state index in [2.05, 4.69) is 27.0 Å². The highest BCUT2D eigenvalue weighted by molar-refractivity contribution is 6.32. The molecule has 0 saturated carbocycles. The van der Waals surface area contributed by atoms with Crippen LogP contribution in [-0.2, 0) is 22.7 Å². The molecule has 3 aromatic carbocycles. The molecule has 2 fully saturated rings. The van der Waals surface area contributed by atoms with E-state index in [0.29, 0.717) is 62.6 Å². The molecule has 9 nitrogen and oxygen atoms in total. The Morgan fingerprint density at radius 3 is 2.70 bits per heavy atom. The van der Waals surface area contributed by atoms with Crippen LogP contribution in [0.3, 0.4) is 0 Å². The maximum absolute atomic E-state index is 12.9. The number of pyridine rings is 1. The largest absolute Gasteiger partial charge is 0.487 e.